The molecule has 0 radical (unpaired) electrons. The number of rotatable bonds is 0. The molecule has 0 heterocycles. The van der Waals surface area contributed by atoms with Gasteiger partial charge < -0.3 is 0 Å². The summed E-state index contributed by atoms with van der Waals surface area (Å²) in [6, 6.07) is 0. The molecule has 0 aromatic carbocycles. The summed E-state index contributed by atoms with van der Waals surface area (Å²) in [6.45, 7) is 23.4. The molecule has 110 valence electrons. The first-order chi connectivity index (χ1) is 9.02. The van der Waals surface area contributed by atoms with Crippen molar-refractivity contribution in [2.45, 2.75) is 69.2 Å². The Bertz CT molecular complexity index is 534. The molecular formula is C20H30. The zero-order valence-electron chi connectivity index (χ0n) is 15.0. The normalized spacial score (nSPS) is 42.3. The minimum absolute atomic E-state index is 0.0969. The second kappa shape index (κ2) is 4.23. The van der Waals surface area contributed by atoms with Gasteiger partial charge in [-0.15, -0.1) is 0 Å². The highest BCUT2D eigenvalue weighted by Gasteiger charge is 2.47. The molecule has 3 aliphatic carbocycles. The lowest BCUT2D eigenvalue weighted by atomic mass is 9.53. The van der Waals surface area contributed by atoms with Crippen LogP contribution in [0.1, 0.15) is 69.2 Å². The average Bonchev–Trinajstić information content (AvgIpc) is 2.45. The molecular weight excluding hydrogens is 240 g/mol. The molecule has 0 spiro atoms. The van der Waals surface area contributed by atoms with Crippen molar-refractivity contribution in [3.8, 4) is 0 Å². The average molecular weight is 270 g/mol. The Balaban J connectivity index is 3.09. The Morgan fingerprint density at radius 3 is 0.800 bits per heavy atom. The first-order valence-corrected chi connectivity index (χ1v) is 7.75. The Labute approximate surface area is 125 Å². The summed E-state index contributed by atoms with van der Waals surface area (Å²) in [4.78, 5) is 0. The highest BCUT2D eigenvalue weighted by Crippen LogP contribution is 2.60. The van der Waals surface area contributed by atoms with Crippen LogP contribution in [0.25, 0.3) is 0 Å². The first kappa shape index (κ1) is 15.4. The quantitative estimate of drug-likeness (QED) is 0.448. The maximum atomic E-state index is 2.41. The van der Waals surface area contributed by atoms with Crippen LogP contribution < -0.4 is 0 Å². The van der Waals surface area contributed by atoms with Crippen molar-refractivity contribution in [1.82, 2.24) is 0 Å². The molecule has 0 heteroatoms. The fourth-order valence-corrected chi connectivity index (χ4v) is 4.50. The summed E-state index contributed by atoms with van der Waals surface area (Å²) in [5.74, 6) is 0. The van der Waals surface area contributed by atoms with Crippen molar-refractivity contribution in [2.24, 2.45) is 10.8 Å². The zero-order valence-corrected chi connectivity index (χ0v) is 15.0. The van der Waals surface area contributed by atoms with Crippen LogP contribution in [0, 0.1) is 10.8 Å². The summed E-state index contributed by atoms with van der Waals surface area (Å²) in [6.07, 6.45) is 0. The predicted octanol–water partition coefficient (Wildman–Crippen LogP) is 6.37. The van der Waals surface area contributed by atoms with Crippen LogP contribution in [0.4, 0.5) is 0 Å². The van der Waals surface area contributed by atoms with Crippen LogP contribution >= 0.6 is 0 Å². The van der Waals surface area contributed by atoms with Gasteiger partial charge in [-0.25, -0.2) is 0 Å². The monoisotopic (exact) mass is 270 g/mol. The summed E-state index contributed by atoms with van der Waals surface area (Å²) < 4.78 is 0. The van der Waals surface area contributed by atoms with Gasteiger partial charge >= 0.3 is 0 Å². The van der Waals surface area contributed by atoms with Gasteiger partial charge in [0, 0.05) is 10.8 Å². The third-order valence-corrected chi connectivity index (χ3v) is 7.31. The third-order valence-electron chi connectivity index (χ3n) is 7.31. The SMILES string of the molecule is CC1=C(C)C2(C)C(C)=C(C)C1(C)/C(C)=C(C)\C(C)=C\2C. The number of allylic oxidation sites excluding steroid dienone is 8. The second-order valence-electron chi connectivity index (χ2n) is 7.25. The second-order valence-corrected chi connectivity index (χ2v) is 7.25. The van der Waals surface area contributed by atoms with Gasteiger partial charge in [-0.2, -0.15) is 0 Å². The minimum Gasteiger partial charge on any atom is -0.0592 e. The lowest BCUT2D eigenvalue weighted by Gasteiger charge is -2.51. The maximum absolute atomic E-state index is 2.41. The van der Waals surface area contributed by atoms with Crippen molar-refractivity contribution in [3.05, 3.63) is 44.6 Å². The van der Waals surface area contributed by atoms with Gasteiger partial charge in [0.25, 0.3) is 0 Å². The van der Waals surface area contributed by atoms with Gasteiger partial charge in [0.15, 0.2) is 0 Å². The van der Waals surface area contributed by atoms with E-state index in [9.17, 15) is 0 Å². The minimum atomic E-state index is 0.0969. The van der Waals surface area contributed by atoms with Gasteiger partial charge in [0.2, 0.25) is 0 Å². The van der Waals surface area contributed by atoms with E-state index in [1.54, 1.807) is 22.3 Å². The van der Waals surface area contributed by atoms with Gasteiger partial charge in [-0.05, 0) is 80.4 Å². The van der Waals surface area contributed by atoms with E-state index in [4.69, 9.17) is 0 Å². The Hall–Kier alpha value is -1.04. The fraction of sp³-hybridized carbons (Fsp3) is 0.600. The summed E-state index contributed by atoms with van der Waals surface area (Å²) in [7, 11) is 0. The van der Waals surface area contributed by atoms with Crippen molar-refractivity contribution in [2.75, 3.05) is 0 Å². The summed E-state index contributed by atoms with van der Waals surface area (Å²) in [5.41, 5.74) is 12.4. The van der Waals surface area contributed by atoms with Crippen LogP contribution in [0.2, 0.25) is 0 Å². The van der Waals surface area contributed by atoms with Crippen LogP contribution in [0.5, 0.6) is 0 Å². The molecule has 20 heavy (non-hydrogen) atoms. The van der Waals surface area contributed by atoms with Gasteiger partial charge in [-0.3, -0.25) is 0 Å². The van der Waals surface area contributed by atoms with Crippen molar-refractivity contribution >= 4 is 0 Å². The highest BCUT2D eigenvalue weighted by molar-refractivity contribution is 5.60. The van der Waals surface area contributed by atoms with E-state index in [-0.39, 0.29) is 10.8 Å². The molecule has 0 atom stereocenters. The standard InChI is InChI=1S/C20H30/c1-11-12(2)14(4)20(10)17(7)15(5)19(9,13(11)3)16(6)18(20)8/h1-10H3/b13-11-,14-12+. The van der Waals surface area contributed by atoms with Gasteiger partial charge in [-0.1, -0.05) is 33.4 Å². The molecule has 3 rings (SSSR count). The first-order valence-electron chi connectivity index (χ1n) is 7.75. The van der Waals surface area contributed by atoms with Crippen LogP contribution in [-0.4, -0.2) is 0 Å². The largest absolute Gasteiger partial charge is 0.0592 e. The molecule has 0 unspecified atom stereocenters. The lowest BCUT2D eigenvalue weighted by Crippen LogP contribution is -2.38. The fourth-order valence-electron chi connectivity index (χ4n) is 4.50. The highest BCUT2D eigenvalue weighted by atomic mass is 14.5. The number of fused-ring (bicyclic) bond motifs is 1. The Morgan fingerprint density at radius 2 is 0.600 bits per heavy atom. The van der Waals surface area contributed by atoms with E-state index in [1.807, 2.05) is 0 Å². The van der Waals surface area contributed by atoms with Gasteiger partial charge in [0.05, 0.1) is 0 Å². The molecule has 2 bridgehead atoms. The lowest BCUT2D eigenvalue weighted by molar-refractivity contribution is 0.444. The van der Waals surface area contributed by atoms with Crippen LogP contribution in [0.15, 0.2) is 44.6 Å². The molecule has 0 saturated carbocycles. The molecule has 0 N–H and O–H groups in total. The Kier molecular flexibility index (Phi) is 3.24. The number of hydrogen-bond acceptors (Lipinski definition) is 0. The summed E-state index contributed by atoms with van der Waals surface area (Å²) >= 11 is 0. The van der Waals surface area contributed by atoms with E-state index in [1.165, 1.54) is 22.3 Å². The van der Waals surface area contributed by atoms with Gasteiger partial charge in [0.1, 0.15) is 0 Å². The summed E-state index contributed by atoms with van der Waals surface area (Å²) in [5, 5.41) is 0. The topological polar surface area (TPSA) is 0 Å². The maximum Gasteiger partial charge on any atom is 0.0305 e. The predicted molar refractivity (Wildman–Crippen MR) is 89.7 cm³/mol. The van der Waals surface area contributed by atoms with E-state index >= 15 is 0 Å². The molecule has 0 saturated heterocycles. The van der Waals surface area contributed by atoms with E-state index in [0.29, 0.717) is 0 Å². The molecule has 0 fully saturated rings. The van der Waals surface area contributed by atoms with Crippen LogP contribution in [0.3, 0.4) is 0 Å². The van der Waals surface area contributed by atoms with Crippen LogP contribution in [-0.2, 0) is 0 Å². The molecule has 3 aliphatic rings. The molecule has 0 amide bonds. The third kappa shape index (κ3) is 1.43. The molecule has 0 aliphatic heterocycles. The molecule has 0 nitrogen and oxygen atoms in total. The molecule has 0 aromatic rings. The number of hydrogen-bond donors (Lipinski definition) is 0. The van der Waals surface area contributed by atoms with Crippen molar-refractivity contribution in [3.63, 3.8) is 0 Å². The van der Waals surface area contributed by atoms with E-state index in [2.05, 4.69) is 69.2 Å². The van der Waals surface area contributed by atoms with Crippen molar-refractivity contribution in [1.29, 1.82) is 0 Å². The van der Waals surface area contributed by atoms with Crippen molar-refractivity contribution < 1.29 is 0 Å². The Morgan fingerprint density at radius 1 is 0.400 bits per heavy atom. The molecule has 0 aromatic heterocycles. The van der Waals surface area contributed by atoms with E-state index < -0.39 is 0 Å². The zero-order chi connectivity index (χ0) is 15.6. The van der Waals surface area contributed by atoms with E-state index in [0.717, 1.165) is 0 Å². The smallest absolute Gasteiger partial charge is 0.0305 e.